The number of hydrogen-bond donors (Lipinski definition) is 1. The number of rotatable bonds is 7. The molecule has 0 fully saturated rings. The molecule has 30 heavy (non-hydrogen) atoms. The first-order valence-electron chi connectivity index (χ1n) is 8.51. The number of esters is 1. The first-order valence-corrected chi connectivity index (χ1v) is 9.68. The molecular weight excluding hydrogens is 480 g/mol. The minimum absolute atomic E-state index is 0.106. The van der Waals surface area contributed by atoms with Crippen molar-refractivity contribution in [3.05, 3.63) is 57.2 Å². The molecule has 0 aliphatic rings. The van der Waals surface area contributed by atoms with E-state index in [9.17, 15) is 9.59 Å². The van der Waals surface area contributed by atoms with Crippen LogP contribution >= 0.6 is 27.5 Å². The van der Waals surface area contributed by atoms with E-state index >= 15 is 0 Å². The summed E-state index contributed by atoms with van der Waals surface area (Å²) in [4.78, 5) is 23.5. The van der Waals surface area contributed by atoms with Crippen molar-refractivity contribution in [1.29, 1.82) is 0 Å². The van der Waals surface area contributed by atoms with Gasteiger partial charge in [0.15, 0.2) is 23.9 Å². The predicted molar refractivity (Wildman–Crippen MR) is 114 cm³/mol. The Bertz CT molecular complexity index is 1130. The van der Waals surface area contributed by atoms with Crippen LogP contribution in [0.4, 0.5) is 0 Å². The van der Waals surface area contributed by atoms with Gasteiger partial charge in [-0.15, -0.1) is 0 Å². The quantitative estimate of drug-likeness (QED) is 0.300. The number of carbonyl (C=O) groups excluding carboxylic acids is 2. The van der Waals surface area contributed by atoms with Crippen LogP contribution in [-0.2, 0) is 9.53 Å². The Morgan fingerprint density at radius 1 is 1.23 bits per heavy atom. The van der Waals surface area contributed by atoms with Gasteiger partial charge < -0.3 is 18.6 Å². The third-order valence-corrected chi connectivity index (χ3v) is 4.72. The molecule has 3 rings (SSSR count). The zero-order valence-corrected chi connectivity index (χ0v) is 18.2. The Labute approximate surface area is 184 Å². The number of methoxy groups -OCH3 is 2. The van der Waals surface area contributed by atoms with E-state index in [4.69, 9.17) is 25.5 Å². The molecule has 3 aromatic rings. The Balaban J connectivity index is 1.70. The molecule has 0 saturated carbocycles. The molecule has 0 unspecified atom stereocenters. The number of amides is 1. The molecule has 0 spiro atoms. The molecule has 1 aromatic heterocycles. The van der Waals surface area contributed by atoms with Crippen molar-refractivity contribution in [1.82, 2.24) is 5.43 Å². The van der Waals surface area contributed by atoms with E-state index in [-0.39, 0.29) is 12.4 Å². The minimum atomic E-state index is -0.523. The van der Waals surface area contributed by atoms with Gasteiger partial charge in [0.1, 0.15) is 5.58 Å². The van der Waals surface area contributed by atoms with Crippen molar-refractivity contribution >= 4 is 56.6 Å². The number of benzene rings is 2. The van der Waals surface area contributed by atoms with Crippen molar-refractivity contribution in [3.8, 4) is 11.5 Å². The lowest BCUT2D eigenvalue weighted by atomic mass is 10.2. The van der Waals surface area contributed by atoms with Crippen LogP contribution in [-0.4, -0.2) is 38.9 Å². The van der Waals surface area contributed by atoms with Gasteiger partial charge in [-0.25, -0.2) is 10.2 Å². The second-order valence-electron chi connectivity index (χ2n) is 5.89. The van der Waals surface area contributed by atoms with E-state index in [0.29, 0.717) is 37.5 Å². The maximum atomic E-state index is 12.3. The first-order chi connectivity index (χ1) is 14.4. The van der Waals surface area contributed by atoms with Crippen molar-refractivity contribution in [2.45, 2.75) is 0 Å². The summed E-state index contributed by atoms with van der Waals surface area (Å²) < 4.78 is 21.3. The lowest BCUT2D eigenvalue weighted by Crippen LogP contribution is -2.16. The molecule has 1 heterocycles. The highest BCUT2D eigenvalue weighted by Gasteiger charge is 2.14. The number of hydrazone groups is 1. The van der Waals surface area contributed by atoms with Crippen molar-refractivity contribution in [3.63, 3.8) is 0 Å². The van der Waals surface area contributed by atoms with Crippen LogP contribution in [0.3, 0.4) is 0 Å². The number of furan rings is 1. The average molecular weight is 496 g/mol. The van der Waals surface area contributed by atoms with Gasteiger partial charge in [-0.3, -0.25) is 4.79 Å². The van der Waals surface area contributed by atoms with Crippen LogP contribution in [0.25, 0.3) is 11.0 Å². The average Bonchev–Trinajstić information content (AvgIpc) is 3.15. The summed E-state index contributed by atoms with van der Waals surface area (Å²) in [6, 6.07) is 9.97. The fraction of sp³-hybridized carbons (Fsp3) is 0.150. The van der Waals surface area contributed by atoms with Gasteiger partial charge in [-0.1, -0.05) is 11.6 Å². The van der Waals surface area contributed by atoms with E-state index in [1.807, 2.05) is 0 Å². The zero-order valence-electron chi connectivity index (χ0n) is 15.9. The molecule has 0 saturated heterocycles. The monoisotopic (exact) mass is 494 g/mol. The van der Waals surface area contributed by atoms with Gasteiger partial charge in [-0.05, 0) is 57.9 Å². The molecule has 0 aliphatic heterocycles. The summed E-state index contributed by atoms with van der Waals surface area (Å²) in [7, 11) is 2.73. The minimum Gasteiger partial charge on any atom is -0.493 e. The van der Waals surface area contributed by atoms with E-state index in [1.165, 1.54) is 20.4 Å². The lowest BCUT2D eigenvalue weighted by molar-refractivity contribution is -0.142. The largest absolute Gasteiger partial charge is 0.493 e. The molecule has 0 radical (unpaired) electrons. The summed E-state index contributed by atoms with van der Waals surface area (Å²) in [5, 5.41) is 5.20. The normalized spacial score (nSPS) is 10.9. The van der Waals surface area contributed by atoms with Gasteiger partial charge in [0.2, 0.25) is 0 Å². The summed E-state index contributed by atoms with van der Waals surface area (Å²) in [5.41, 5.74) is 3.56. The molecule has 10 heteroatoms. The molecule has 0 aliphatic carbocycles. The highest BCUT2D eigenvalue weighted by molar-refractivity contribution is 9.10. The van der Waals surface area contributed by atoms with Crippen LogP contribution in [0.2, 0.25) is 5.02 Å². The standard InChI is InChI=1S/C20H16BrClN2O6/c1-27-16-6-11(5-14(21)19(16)29-10-18(25)28-2)9-23-24-20(26)17-8-12-7-13(22)3-4-15(12)30-17/h3-9H,10H2,1-2H3,(H,24,26)/b23-9+. The third-order valence-electron chi connectivity index (χ3n) is 3.90. The Morgan fingerprint density at radius 3 is 2.77 bits per heavy atom. The molecule has 1 N–H and O–H groups in total. The zero-order chi connectivity index (χ0) is 21.7. The van der Waals surface area contributed by atoms with E-state index < -0.39 is 11.9 Å². The Hall–Kier alpha value is -3.04. The maximum absolute atomic E-state index is 12.3. The molecule has 0 bridgehead atoms. The van der Waals surface area contributed by atoms with E-state index in [2.05, 4.69) is 31.2 Å². The highest BCUT2D eigenvalue weighted by Crippen LogP contribution is 2.36. The first kappa shape index (κ1) is 21.7. The van der Waals surface area contributed by atoms with Gasteiger partial charge in [0.05, 0.1) is 24.9 Å². The van der Waals surface area contributed by atoms with Gasteiger partial charge in [0, 0.05) is 10.4 Å². The number of nitrogens with one attached hydrogen (secondary N) is 1. The Kier molecular flexibility index (Phi) is 6.96. The molecule has 0 atom stereocenters. The van der Waals surface area contributed by atoms with Gasteiger partial charge in [0.25, 0.3) is 0 Å². The van der Waals surface area contributed by atoms with Crippen LogP contribution in [0, 0.1) is 0 Å². The van der Waals surface area contributed by atoms with Crippen LogP contribution in [0.1, 0.15) is 16.1 Å². The molecule has 156 valence electrons. The highest BCUT2D eigenvalue weighted by atomic mass is 79.9. The fourth-order valence-electron chi connectivity index (χ4n) is 2.49. The van der Waals surface area contributed by atoms with Crippen molar-refractivity contribution in [2.75, 3.05) is 20.8 Å². The number of halogens is 2. The summed E-state index contributed by atoms with van der Waals surface area (Å²) in [6.45, 7) is -0.266. The second-order valence-corrected chi connectivity index (χ2v) is 7.18. The number of hydrogen-bond acceptors (Lipinski definition) is 7. The molecule has 8 nitrogen and oxygen atoms in total. The lowest BCUT2D eigenvalue weighted by Gasteiger charge is -2.12. The van der Waals surface area contributed by atoms with Gasteiger partial charge >= 0.3 is 11.9 Å². The van der Waals surface area contributed by atoms with Crippen LogP contribution in [0.15, 0.2) is 50.4 Å². The summed E-state index contributed by atoms with van der Waals surface area (Å²) in [6.07, 6.45) is 1.43. The fourth-order valence-corrected chi connectivity index (χ4v) is 3.25. The number of ether oxygens (including phenoxy) is 3. The molecular formula is C20H16BrClN2O6. The summed E-state index contributed by atoms with van der Waals surface area (Å²) in [5.74, 6) is -0.220. The van der Waals surface area contributed by atoms with E-state index in [1.54, 1.807) is 36.4 Å². The maximum Gasteiger partial charge on any atom is 0.343 e. The Morgan fingerprint density at radius 2 is 2.03 bits per heavy atom. The van der Waals surface area contributed by atoms with Crippen molar-refractivity contribution < 1.29 is 28.2 Å². The number of fused-ring (bicyclic) bond motifs is 1. The predicted octanol–water partition coefficient (Wildman–Crippen LogP) is 4.17. The molecule has 1 amide bonds. The van der Waals surface area contributed by atoms with Crippen LogP contribution < -0.4 is 14.9 Å². The van der Waals surface area contributed by atoms with Gasteiger partial charge in [-0.2, -0.15) is 5.10 Å². The van der Waals surface area contributed by atoms with Crippen LogP contribution in [0.5, 0.6) is 11.5 Å². The van der Waals surface area contributed by atoms with Crippen molar-refractivity contribution in [2.24, 2.45) is 5.10 Å². The molecule has 2 aromatic carbocycles. The smallest absolute Gasteiger partial charge is 0.343 e. The SMILES string of the molecule is COC(=O)COc1c(Br)cc(/C=N/NC(=O)c2cc3cc(Cl)ccc3o2)cc1OC. The van der Waals surface area contributed by atoms with E-state index in [0.717, 1.165) is 0 Å². The second kappa shape index (κ2) is 9.64. The number of carbonyl (C=O) groups is 2. The third kappa shape index (κ3) is 5.11. The number of nitrogens with zero attached hydrogens (tertiary/aromatic N) is 1. The summed E-state index contributed by atoms with van der Waals surface area (Å²) >= 11 is 9.30. The topological polar surface area (TPSA) is 99.4 Å².